The fourth-order valence-electron chi connectivity index (χ4n) is 1.32. The molecule has 1 saturated heterocycles. The minimum Gasteiger partial charge on any atom is -0.314 e. The standard InChI is InChI=1S/C7H18N2.C4H10N2/c1-4-7-8-9(5-2)6-3;1-2-6-4-3-5-1/h8H,4-7H2,1-3H3;5-6H,1-4H2. The third kappa shape index (κ3) is 10.1. The van der Waals surface area contributed by atoms with Crippen LogP contribution in [0.2, 0.25) is 0 Å². The Hall–Kier alpha value is -0.160. The maximum absolute atomic E-state index is 3.30. The number of nitrogens with one attached hydrogen (secondary N) is 3. The molecule has 1 rings (SSSR count). The van der Waals surface area contributed by atoms with Gasteiger partial charge in [-0.15, -0.1) is 0 Å². The summed E-state index contributed by atoms with van der Waals surface area (Å²) in [5, 5.41) is 8.66. The maximum atomic E-state index is 3.30. The molecular weight excluding hydrogens is 188 g/mol. The van der Waals surface area contributed by atoms with Gasteiger partial charge in [-0.2, -0.15) is 0 Å². The van der Waals surface area contributed by atoms with Gasteiger partial charge in [0.25, 0.3) is 0 Å². The molecule has 0 unspecified atom stereocenters. The van der Waals surface area contributed by atoms with Crippen LogP contribution in [0.1, 0.15) is 27.2 Å². The molecule has 92 valence electrons. The second-order valence-electron chi connectivity index (χ2n) is 3.58. The zero-order chi connectivity index (χ0) is 11.4. The largest absolute Gasteiger partial charge is 0.314 e. The third-order valence-corrected chi connectivity index (χ3v) is 2.31. The van der Waals surface area contributed by atoms with E-state index in [1.807, 2.05) is 0 Å². The molecule has 0 aliphatic carbocycles. The summed E-state index contributed by atoms with van der Waals surface area (Å²) in [7, 11) is 0. The van der Waals surface area contributed by atoms with Gasteiger partial charge in [0.1, 0.15) is 0 Å². The van der Waals surface area contributed by atoms with Crippen molar-refractivity contribution in [1.29, 1.82) is 0 Å². The molecule has 1 fully saturated rings. The predicted octanol–water partition coefficient (Wildman–Crippen LogP) is 0.422. The van der Waals surface area contributed by atoms with E-state index in [4.69, 9.17) is 0 Å². The highest BCUT2D eigenvalue weighted by Crippen LogP contribution is 1.79. The summed E-state index contributed by atoms with van der Waals surface area (Å²) in [5.74, 6) is 0. The first-order valence-electron chi connectivity index (χ1n) is 6.25. The Kier molecular flexibility index (Phi) is 11.8. The monoisotopic (exact) mass is 216 g/mol. The molecule has 0 aromatic heterocycles. The fourth-order valence-corrected chi connectivity index (χ4v) is 1.32. The summed E-state index contributed by atoms with van der Waals surface area (Å²) < 4.78 is 0. The van der Waals surface area contributed by atoms with Crippen molar-refractivity contribution in [3.8, 4) is 0 Å². The second-order valence-corrected chi connectivity index (χ2v) is 3.58. The van der Waals surface area contributed by atoms with Gasteiger partial charge in [0.05, 0.1) is 0 Å². The number of rotatable bonds is 5. The van der Waals surface area contributed by atoms with Crippen molar-refractivity contribution < 1.29 is 0 Å². The van der Waals surface area contributed by atoms with Crippen LogP contribution in [0.4, 0.5) is 0 Å². The summed E-state index contributed by atoms with van der Waals surface area (Å²) in [6.45, 7) is 14.3. The summed E-state index contributed by atoms with van der Waals surface area (Å²) in [6, 6.07) is 0. The van der Waals surface area contributed by atoms with Crippen molar-refractivity contribution in [2.45, 2.75) is 27.2 Å². The van der Waals surface area contributed by atoms with Gasteiger partial charge in [0.2, 0.25) is 0 Å². The van der Waals surface area contributed by atoms with E-state index in [1.54, 1.807) is 0 Å². The van der Waals surface area contributed by atoms with Crippen LogP contribution in [-0.2, 0) is 0 Å². The Bertz CT molecular complexity index is 99.6. The molecule has 0 aromatic rings. The van der Waals surface area contributed by atoms with Crippen LogP contribution in [0, 0.1) is 0 Å². The van der Waals surface area contributed by atoms with Gasteiger partial charge in [-0.25, -0.2) is 5.01 Å². The molecule has 0 bridgehead atoms. The predicted molar refractivity (Wildman–Crippen MR) is 67.0 cm³/mol. The molecule has 0 amide bonds. The smallest absolute Gasteiger partial charge is 0.0102 e. The Labute approximate surface area is 94.8 Å². The third-order valence-electron chi connectivity index (χ3n) is 2.31. The van der Waals surface area contributed by atoms with Crippen molar-refractivity contribution >= 4 is 0 Å². The molecule has 0 spiro atoms. The van der Waals surface area contributed by atoms with E-state index in [9.17, 15) is 0 Å². The van der Waals surface area contributed by atoms with Gasteiger partial charge < -0.3 is 10.6 Å². The van der Waals surface area contributed by atoms with Gasteiger partial charge in [-0.05, 0) is 6.42 Å². The van der Waals surface area contributed by atoms with Crippen LogP contribution < -0.4 is 16.1 Å². The lowest BCUT2D eigenvalue weighted by atomic mass is 10.4. The summed E-state index contributed by atoms with van der Waals surface area (Å²) in [4.78, 5) is 0. The van der Waals surface area contributed by atoms with Crippen molar-refractivity contribution in [1.82, 2.24) is 21.1 Å². The molecule has 4 heteroatoms. The zero-order valence-electron chi connectivity index (χ0n) is 10.6. The Morgan fingerprint density at radius 2 is 1.40 bits per heavy atom. The highest BCUT2D eigenvalue weighted by molar-refractivity contribution is 4.59. The van der Waals surface area contributed by atoms with E-state index >= 15 is 0 Å². The zero-order valence-corrected chi connectivity index (χ0v) is 10.6. The molecule has 15 heavy (non-hydrogen) atoms. The van der Waals surface area contributed by atoms with E-state index < -0.39 is 0 Å². The lowest BCUT2D eigenvalue weighted by molar-refractivity contribution is 0.209. The number of hydrogen-bond donors (Lipinski definition) is 3. The van der Waals surface area contributed by atoms with Crippen LogP contribution in [0.25, 0.3) is 0 Å². The molecule has 0 aromatic carbocycles. The van der Waals surface area contributed by atoms with Gasteiger partial charge in [-0.3, -0.25) is 5.43 Å². The fraction of sp³-hybridized carbons (Fsp3) is 1.00. The van der Waals surface area contributed by atoms with E-state index in [1.165, 1.54) is 6.42 Å². The number of piperazine rings is 1. The number of hydrazine groups is 1. The normalized spacial score (nSPS) is 16.0. The van der Waals surface area contributed by atoms with Gasteiger partial charge in [0.15, 0.2) is 0 Å². The first kappa shape index (κ1) is 14.8. The Morgan fingerprint density at radius 1 is 0.933 bits per heavy atom. The molecule has 3 N–H and O–H groups in total. The average molecular weight is 216 g/mol. The molecular formula is C11H28N4. The first-order chi connectivity index (χ1) is 7.35. The minimum atomic E-state index is 1.09. The molecule has 1 aliphatic heterocycles. The molecule has 0 radical (unpaired) electrons. The van der Waals surface area contributed by atoms with Crippen LogP contribution in [0.3, 0.4) is 0 Å². The van der Waals surface area contributed by atoms with E-state index in [0.717, 1.165) is 45.8 Å². The van der Waals surface area contributed by atoms with Crippen LogP contribution in [0.5, 0.6) is 0 Å². The summed E-state index contributed by atoms with van der Waals surface area (Å²) in [5.41, 5.74) is 3.30. The summed E-state index contributed by atoms with van der Waals surface area (Å²) in [6.07, 6.45) is 1.20. The van der Waals surface area contributed by atoms with Crippen molar-refractivity contribution in [2.75, 3.05) is 45.8 Å². The minimum absolute atomic E-state index is 1.09. The average Bonchev–Trinajstić information content (AvgIpc) is 2.34. The maximum Gasteiger partial charge on any atom is 0.0102 e. The highest BCUT2D eigenvalue weighted by atomic mass is 15.5. The number of nitrogens with zero attached hydrogens (tertiary/aromatic N) is 1. The molecule has 0 atom stereocenters. The van der Waals surface area contributed by atoms with Gasteiger partial charge >= 0.3 is 0 Å². The number of hydrogen-bond acceptors (Lipinski definition) is 4. The quantitative estimate of drug-likeness (QED) is 0.583. The van der Waals surface area contributed by atoms with E-state index in [2.05, 4.69) is 41.8 Å². The van der Waals surface area contributed by atoms with Crippen LogP contribution in [-0.4, -0.2) is 50.8 Å². The lowest BCUT2D eigenvalue weighted by Gasteiger charge is -2.18. The first-order valence-corrected chi connectivity index (χ1v) is 6.25. The van der Waals surface area contributed by atoms with Crippen LogP contribution in [0.15, 0.2) is 0 Å². The molecule has 1 aliphatic rings. The molecule has 1 heterocycles. The topological polar surface area (TPSA) is 39.3 Å². The SMILES string of the molecule is C1CNCCN1.CCCNN(CC)CC. The van der Waals surface area contributed by atoms with Gasteiger partial charge in [-0.1, -0.05) is 20.8 Å². The van der Waals surface area contributed by atoms with Crippen LogP contribution >= 0.6 is 0 Å². The van der Waals surface area contributed by atoms with Crippen molar-refractivity contribution in [3.63, 3.8) is 0 Å². The Balaban J connectivity index is 0.000000280. The summed E-state index contributed by atoms with van der Waals surface area (Å²) >= 11 is 0. The Morgan fingerprint density at radius 3 is 1.67 bits per heavy atom. The van der Waals surface area contributed by atoms with Crippen molar-refractivity contribution in [3.05, 3.63) is 0 Å². The molecule has 0 saturated carbocycles. The van der Waals surface area contributed by atoms with Gasteiger partial charge in [0, 0.05) is 45.8 Å². The lowest BCUT2D eigenvalue weighted by Crippen LogP contribution is -2.39. The van der Waals surface area contributed by atoms with E-state index in [0.29, 0.717) is 0 Å². The molecule has 4 nitrogen and oxygen atoms in total. The van der Waals surface area contributed by atoms with Crippen molar-refractivity contribution in [2.24, 2.45) is 0 Å². The van der Waals surface area contributed by atoms with E-state index in [-0.39, 0.29) is 0 Å². The highest BCUT2D eigenvalue weighted by Gasteiger charge is 1.93. The second kappa shape index (κ2) is 11.9.